The molecule has 0 spiro atoms. The summed E-state index contributed by atoms with van der Waals surface area (Å²) in [5, 5.41) is 2.82. The summed E-state index contributed by atoms with van der Waals surface area (Å²) in [4.78, 5) is 3.62. The normalized spacial score (nSPS) is 11.6. The molecule has 0 aromatic carbocycles. The molecule has 0 saturated heterocycles. The monoisotopic (exact) mass is 247 g/mol. The van der Waals surface area contributed by atoms with Crippen molar-refractivity contribution in [1.29, 1.82) is 0 Å². The molecule has 6 heteroatoms. The van der Waals surface area contributed by atoms with E-state index >= 15 is 0 Å². The molecule has 90 valence electrons. The molecule has 3 N–H and O–H groups in total. The van der Waals surface area contributed by atoms with Crippen LogP contribution in [0, 0.1) is 11.6 Å². The summed E-state index contributed by atoms with van der Waals surface area (Å²) in [5.41, 5.74) is 5.26. The van der Waals surface area contributed by atoms with Gasteiger partial charge in [0.1, 0.15) is 0 Å². The number of anilines is 2. The Bertz CT molecular complexity index is 383. The highest BCUT2D eigenvalue weighted by atomic mass is 32.2. The average molecular weight is 247 g/mol. The Morgan fingerprint density at radius 3 is 2.62 bits per heavy atom. The van der Waals surface area contributed by atoms with Crippen molar-refractivity contribution in [3.8, 4) is 0 Å². The molecule has 0 aliphatic heterocycles. The molecule has 1 aromatic rings. The third-order valence-electron chi connectivity index (χ3n) is 2.19. The third kappa shape index (κ3) is 3.23. The Kier molecular flexibility index (Phi) is 3.96. The fourth-order valence-electron chi connectivity index (χ4n) is 0.974. The quantitative estimate of drug-likeness (QED) is 0.858. The Morgan fingerprint density at radius 1 is 1.44 bits per heavy atom. The van der Waals surface area contributed by atoms with Gasteiger partial charge in [-0.05, 0) is 20.1 Å². The van der Waals surface area contributed by atoms with Gasteiger partial charge in [0.25, 0.3) is 0 Å². The number of halogens is 2. The summed E-state index contributed by atoms with van der Waals surface area (Å²) < 4.78 is 26.1. The van der Waals surface area contributed by atoms with Crippen LogP contribution in [0.3, 0.4) is 0 Å². The summed E-state index contributed by atoms with van der Waals surface area (Å²) in [7, 11) is 0. The molecule has 0 fully saturated rings. The molecular formula is C10H15F2N3S. The zero-order chi connectivity index (χ0) is 12.3. The maximum atomic E-state index is 13.3. The number of hydrogen-bond acceptors (Lipinski definition) is 4. The van der Waals surface area contributed by atoms with Crippen LogP contribution in [0.5, 0.6) is 0 Å². The lowest BCUT2D eigenvalue weighted by Crippen LogP contribution is -2.26. The van der Waals surface area contributed by atoms with Gasteiger partial charge in [0.15, 0.2) is 23.3 Å². The Labute approximate surface area is 97.8 Å². The van der Waals surface area contributed by atoms with E-state index < -0.39 is 11.6 Å². The molecule has 1 aromatic heterocycles. The molecule has 1 heterocycles. The number of hydrogen-bond donors (Lipinski definition) is 2. The van der Waals surface area contributed by atoms with Gasteiger partial charge < -0.3 is 11.1 Å². The Balaban J connectivity index is 2.79. The van der Waals surface area contributed by atoms with Crippen LogP contribution in [-0.4, -0.2) is 22.5 Å². The summed E-state index contributed by atoms with van der Waals surface area (Å²) >= 11 is 1.64. The minimum atomic E-state index is -0.841. The largest absolute Gasteiger partial charge is 0.381 e. The molecule has 0 aliphatic rings. The van der Waals surface area contributed by atoms with Crippen molar-refractivity contribution in [2.75, 3.05) is 23.9 Å². The molecule has 1 rings (SSSR count). The molecule has 0 amide bonds. The van der Waals surface area contributed by atoms with Gasteiger partial charge in [-0.3, -0.25) is 0 Å². The topological polar surface area (TPSA) is 50.9 Å². The molecule has 0 aliphatic carbocycles. The first-order valence-electron chi connectivity index (χ1n) is 4.76. The molecule has 0 bridgehead atoms. The van der Waals surface area contributed by atoms with E-state index in [1.807, 2.05) is 20.1 Å². The number of aromatic nitrogens is 1. The first-order valence-corrected chi connectivity index (χ1v) is 5.99. The van der Waals surface area contributed by atoms with E-state index in [4.69, 9.17) is 5.73 Å². The van der Waals surface area contributed by atoms with Gasteiger partial charge in [0.2, 0.25) is 0 Å². The van der Waals surface area contributed by atoms with Gasteiger partial charge in [-0.2, -0.15) is 11.8 Å². The maximum absolute atomic E-state index is 13.3. The van der Waals surface area contributed by atoms with Crippen LogP contribution in [-0.2, 0) is 0 Å². The predicted octanol–water partition coefficient (Wildman–Crippen LogP) is 2.50. The van der Waals surface area contributed by atoms with Gasteiger partial charge in [-0.1, -0.05) is 0 Å². The van der Waals surface area contributed by atoms with E-state index in [1.165, 1.54) is 0 Å². The van der Waals surface area contributed by atoms with E-state index in [-0.39, 0.29) is 16.4 Å². The van der Waals surface area contributed by atoms with Crippen LogP contribution in [0.25, 0.3) is 0 Å². The first-order chi connectivity index (χ1) is 7.35. The van der Waals surface area contributed by atoms with Crippen LogP contribution in [0.2, 0.25) is 0 Å². The zero-order valence-electron chi connectivity index (χ0n) is 9.47. The number of pyridine rings is 1. The van der Waals surface area contributed by atoms with Crippen LogP contribution in [0.1, 0.15) is 13.8 Å². The van der Waals surface area contributed by atoms with Crippen molar-refractivity contribution in [3.05, 3.63) is 17.7 Å². The van der Waals surface area contributed by atoms with Gasteiger partial charge in [0.05, 0.1) is 0 Å². The minimum Gasteiger partial charge on any atom is -0.381 e. The van der Waals surface area contributed by atoms with E-state index in [2.05, 4.69) is 10.3 Å². The Hall–Kier alpha value is -1.04. The van der Waals surface area contributed by atoms with Gasteiger partial charge in [-0.15, -0.1) is 0 Å². The lowest BCUT2D eigenvalue weighted by molar-refractivity contribution is 0.578. The van der Waals surface area contributed by atoms with E-state index in [0.717, 1.165) is 6.07 Å². The lowest BCUT2D eigenvalue weighted by Gasteiger charge is -2.22. The van der Waals surface area contributed by atoms with Gasteiger partial charge in [-0.25, -0.2) is 13.8 Å². The van der Waals surface area contributed by atoms with E-state index in [0.29, 0.717) is 6.54 Å². The number of thioether (sulfide) groups is 1. The highest BCUT2D eigenvalue weighted by Gasteiger charge is 2.17. The van der Waals surface area contributed by atoms with Crippen molar-refractivity contribution in [3.63, 3.8) is 0 Å². The average Bonchev–Trinajstić information content (AvgIpc) is 2.22. The van der Waals surface area contributed by atoms with E-state index in [9.17, 15) is 8.78 Å². The van der Waals surface area contributed by atoms with Gasteiger partial charge >= 0.3 is 0 Å². The molecule has 0 unspecified atom stereocenters. The fraction of sp³-hybridized carbons (Fsp3) is 0.500. The smallest absolute Gasteiger partial charge is 0.168 e. The minimum absolute atomic E-state index is 0.0129. The predicted molar refractivity (Wildman–Crippen MR) is 64.6 cm³/mol. The van der Waals surface area contributed by atoms with Crippen molar-refractivity contribution >= 4 is 23.4 Å². The van der Waals surface area contributed by atoms with Crippen molar-refractivity contribution in [1.82, 2.24) is 4.98 Å². The third-order valence-corrected chi connectivity index (χ3v) is 3.44. The molecule has 16 heavy (non-hydrogen) atoms. The highest BCUT2D eigenvalue weighted by molar-refractivity contribution is 7.99. The molecule has 0 saturated carbocycles. The summed E-state index contributed by atoms with van der Waals surface area (Å²) in [6.07, 6.45) is 1.96. The SMILES string of the molecule is CSC(C)(C)CNc1nc(N)c(F)cc1F. The van der Waals surface area contributed by atoms with Crippen LogP contribution in [0.15, 0.2) is 6.07 Å². The van der Waals surface area contributed by atoms with Crippen LogP contribution >= 0.6 is 11.8 Å². The summed E-state index contributed by atoms with van der Waals surface area (Å²) in [6.45, 7) is 4.54. The Morgan fingerprint density at radius 2 is 2.06 bits per heavy atom. The zero-order valence-corrected chi connectivity index (χ0v) is 10.3. The van der Waals surface area contributed by atoms with E-state index in [1.54, 1.807) is 11.8 Å². The second-order valence-electron chi connectivity index (χ2n) is 4.00. The highest BCUT2D eigenvalue weighted by Crippen LogP contribution is 2.23. The van der Waals surface area contributed by atoms with Crippen molar-refractivity contribution in [2.24, 2.45) is 0 Å². The standard InChI is InChI=1S/C10H15F2N3S/c1-10(2,16-3)5-14-9-7(12)4-6(11)8(13)15-9/h4H,5H2,1-3H3,(H3,13,14,15). The number of nitrogen functional groups attached to an aromatic ring is 1. The molecular weight excluding hydrogens is 232 g/mol. The molecule has 0 atom stereocenters. The second-order valence-corrected chi connectivity index (χ2v) is 5.52. The van der Waals surface area contributed by atoms with Crippen LogP contribution in [0.4, 0.5) is 20.4 Å². The fourth-order valence-corrected chi connectivity index (χ4v) is 1.19. The number of nitrogens with one attached hydrogen (secondary N) is 1. The molecule has 3 nitrogen and oxygen atoms in total. The maximum Gasteiger partial charge on any atom is 0.168 e. The van der Waals surface area contributed by atoms with Crippen LogP contribution < -0.4 is 11.1 Å². The summed E-state index contributed by atoms with van der Waals surface area (Å²) in [6, 6.07) is 0.733. The second kappa shape index (κ2) is 4.86. The summed E-state index contributed by atoms with van der Waals surface area (Å²) in [5.74, 6) is -1.89. The van der Waals surface area contributed by atoms with Gasteiger partial charge in [0, 0.05) is 17.4 Å². The number of nitrogens with zero attached hydrogens (tertiary/aromatic N) is 1. The lowest BCUT2D eigenvalue weighted by atomic mass is 10.2. The number of nitrogens with two attached hydrogens (primary N) is 1. The molecule has 0 radical (unpaired) electrons. The van der Waals surface area contributed by atoms with Crippen molar-refractivity contribution < 1.29 is 8.78 Å². The number of rotatable bonds is 4. The first kappa shape index (κ1) is 13.0. The van der Waals surface area contributed by atoms with Crippen molar-refractivity contribution in [2.45, 2.75) is 18.6 Å².